The van der Waals surface area contributed by atoms with Crippen LogP contribution >= 0.6 is 0 Å². The van der Waals surface area contributed by atoms with Gasteiger partial charge in [0.05, 0.1) is 6.61 Å². The largest absolute Gasteiger partial charge is 0.361 e. The Morgan fingerprint density at radius 1 is 1.43 bits per heavy atom. The van der Waals surface area contributed by atoms with Crippen molar-refractivity contribution >= 4 is 10.9 Å². The first kappa shape index (κ1) is 9.21. The predicted octanol–water partition coefficient (Wildman–Crippen LogP) is 2.92. The van der Waals surface area contributed by atoms with Crippen LogP contribution < -0.4 is 0 Å². The molecule has 3 heteroatoms. The Morgan fingerprint density at radius 2 is 2.29 bits per heavy atom. The number of aryl methyl sites for hydroxylation is 1. The number of aromatic nitrogens is 1. The van der Waals surface area contributed by atoms with Crippen LogP contribution in [0.4, 0.5) is 4.53 Å². The van der Waals surface area contributed by atoms with Gasteiger partial charge in [-0.1, -0.05) is 11.6 Å². The van der Waals surface area contributed by atoms with Crippen molar-refractivity contribution < 1.29 is 9.47 Å². The van der Waals surface area contributed by atoms with E-state index >= 15 is 0 Å². The number of rotatable bonds is 3. The molecule has 0 spiro atoms. The normalized spacial score (nSPS) is 11.0. The number of benzene rings is 1. The molecule has 14 heavy (non-hydrogen) atoms. The van der Waals surface area contributed by atoms with Crippen LogP contribution in [0.25, 0.3) is 10.9 Å². The summed E-state index contributed by atoms with van der Waals surface area (Å²) >= 11 is 0. The molecule has 0 radical (unpaired) electrons. The Balaban J connectivity index is 2.40. The molecule has 0 fully saturated rings. The second-order valence-corrected chi connectivity index (χ2v) is 3.43. The van der Waals surface area contributed by atoms with Gasteiger partial charge in [0.1, 0.15) is 0 Å². The number of aromatic amines is 1. The van der Waals surface area contributed by atoms with Crippen molar-refractivity contribution in [2.75, 3.05) is 6.61 Å². The molecular formula is C11H12FNO. The topological polar surface area (TPSA) is 25.0 Å². The lowest BCUT2D eigenvalue weighted by atomic mass is 10.1. The summed E-state index contributed by atoms with van der Waals surface area (Å²) in [5, 5.41) is 1.15. The third-order valence-corrected chi connectivity index (χ3v) is 2.37. The summed E-state index contributed by atoms with van der Waals surface area (Å²) in [7, 11) is 0. The zero-order valence-electron chi connectivity index (χ0n) is 8.01. The van der Waals surface area contributed by atoms with Gasteiger partial charge in [-0.25, -0.2) is 0 Å². The molecule has 1 aromatic carbocycles. The van der Waals surface area contributed by atoms with Gasteiger partial charge in [-0.2, -0.15) is 4.94 Å². The van der Waals surface area contributed by atoms with Crippen molar-refractivity contribution in [3.63, 3.8) is 0 Å². The Hall–Kier alpha value is -1.35. The maximum atomic E-state index is 11.6. The second-order valence-electron chi connectivity index (χ2n) is 3.43. The highest BCUT2D eigenvalue weighted by Gasteiger charge is 2.03. The zero-order chi connectivity index (χ0) is 9.97. The summed E-state index contributed by atoms with van der Waals surface area (Å²) < 4.78 is 11.6. The third kappa shape index (κ3) is 1.63. The number of hydrogen-bond acceptors (Lipinski definition) is 1. The molecule has 0 atom stereocenters. The van der Waals surface area contributed by atoms with Gasteiger partial charge in [0, 0.05) is 23.5 Å². The van der Waals surface area contributed by atoms with Crippen LogP contribution in [0, 0.1) is 6.92 Å². The molecule has 0 aliphatic rings. The van der Waals surface area contributed by atoms with Crippen molar-refractivity contribution in [1.29, 1.82) is 0 Å². The number of fused-ring (bicyclic) bond motifs is 1. The average Bonchev–Trinajstić information content (AvgIpc) is 2.57. The van der Waals surface area contributed by atoms with Gasteiger partial charge in [-0.15, -0.1) is 0 Å². The first-order valence-corrected chi connectivity index (χ1v) is 4.61. The van der Waals surface area contributed by atoms with E-state index < -0.39 is 0 Å². The molecule has 0 saturated carbocycles. The molecule has 2 nitrogen and oxygen atoms in total. The van der Waals surface area contributed by atoms with E-state index in [1.54, 1.807) is 0 Å². The van der Waals surface area contributed by atoms with Gasteiger partial charge in [0.15, 0.2) is 0 Å². The summed E-state index contributed by atoms with van der Waals surface area (Å²) in [4.78, 5) is 6.73. The maximum Gasteiger partial charge on any atom is 0.0917 e. The van der Waals surface area contributed by atoms with E-state index in [4.69, 9.17) is 0 Å². The lowest BCUT2D eigenvalue weighted by Gasteiger charge is -1.97. The Bertz CT molecular complexity index is 436. The van der Waals surface area contributed by atoms with Crippen molar-refractivity contribution in [3.8, 4) is 0 Å². The molecule has 2 rings (SSSR count). The average molecular weight is 193 g/mol. The van der Waals surface area contributed by atoms with Crippen LogP contribution in [0.2, 0.25) is 0 Å². The molecule has 74 valence electrons. The van der Waals surface area contributed by atoms with Gasteiger partial charge < -0.3 is 4.98 Å². The Labute approximate surface area is 81.6 Å². The molecule has 0 saturated heterocycles. The van der Waals surface area contributed by atoms with Crippen molar-refractivity contribution in [3.05, 3.63) is 35.5 Å². The number of nitrogens with one attached hydrogen (secondary N) is 1. The van der Waals surface area contributed by atoms with E-state index in [1.807, 2.05) is 25.3 Å². The van der Waals surface area contributed by atoms with E-state index in [-0.39, 0.29) is 6.61 Å². The molecule has 0 amide bonds. The molecule has 1 N–H and O–H groups in total. The number of hydrogen-bond donors (Lipinski definition) is 1. The van der Waals surface area contributed by atoms with Gasteiger partial charge in [0.2, 0.25) is 0 Å². The quantitative estimate of drug-likeness (QED) is 0.796. The summed E-state index contributed by atoms with van der Waals surface area (Å²) in [6.07, 6.45) is 2.50. The van der Waals surface area contributed by atoms with Crippen molar-refractivity contribution in [1.82, 2.24) is 4.98 Å². The predicted molar refractivity (Wildman–Crippen MR) is 53.8 cm³/mol. The fraction of sp³-hybridized carbons (Fsp3) is 0.273. The standard InChI is InChI=1S/C11H12FNO/c1-8-2-3-11-10(6-8)9(7-13-11)4-5-14-12/h2-3,6-7,13H,4-5H2,1H3. The van der Waals surface area contributed by atoms with Crippen LogP contribution in [0.3, 0.4) is 0 Å². The minimum Gasteiger partial charge on any atom is -0.361 e. The highest BCUT2D eigenvalue weighted by Crippen LogP contribution is 2.19. The van der Waals surface area contributed by atoms with Crippen LogP contribution in [0.5, 0.6) is 0 Å². The van der Waals surface area contributed by atoms with Gasteiger partial charge in [-0.05, 0) is 29.1 Å². The molecule has 1 heterocycles. The minimum absolute atomic E-state index is 0.112. The molecule has 2 aromatic rings. The third-order valence-electron chi connectivity index (χ3n) is 2.37. The minimum atomic E-state index is 0.112. The van der Waals surface area contributed by atoms with Crippen molar-refractivity contribution in [2.24, 2.45) is 0 Å². The summed E-state index contributed by atoms with van der Waals surface area (Å²) in [6.45, 7) is 2.16. The summed E-state index contributed by atoms with van der Waals surface area (Å²) in [5.74, 6) is 0. The molecule has 0 aliphatic carbocycles. The first-order chi connectivity index (χ1) is 6.81. The zero-order valence-corrected chi connectivity index (χ0v) is 8.01. The fourth-order valence-corrected chi connectivity index (χ4v) is 1.65. The van der Waals surface area contributed by atoms with Crippen LogP contribution in [0.15, 0.2) is 24.4 Å². The SMILES string of the molecule is Cc1ccc2[nH]cc(CCOF)c2c1. The monoisotopic (exact) mass is 193 g/mol. The highest BCUT2D eigenvalue weighted by molar-refractivity contribution is 5.83. The van der Waals surface area contributed by atoms with Gasteiger partial charge >= 0.3 is 0 Å². The Morgan fingerprint density at radius 3 is 3.07 bits per heavy atom. The fourth-order valence-electron chi connectivity index (χ4n) is 1.65. The molecule has 0 bridgehead atoms. The van der Waals surface area contributed by atoms with Crippen LogP contribution in [-0.4, -0.2) is 11.6 Å². The lowest BCUT2D eigenvalue weighted by molar-refractivity contribution is -0.130. The molecule has 0 aliphatic heterocycles. The van der Waals surface area contributed by atoms with Crippen molar-refractivity contribution in [2.45, 2.75) is 13.3 Å². The van der Waals surface area contributed by atoms with E-state index in [0.29, 0.717) is 6.42 Å². The highest BCUT2D eigenvalue weighted by atomic mass is 19.3. The number of halogens is 1. The molecule has 1 aromatic heterocycles. The lowest BCUT2D eigenvalue weighted by Crippen LogP contribution is -1.90. The van der Waals surface area contributed by atoms with Gasteiger partial charge in [0.25, 0.3) is 0 Å². The maximum absolute atomic E-state index is 11.6. The van der Waals surface area contributed by atoms with Gasteiger partial charge in [-0.3, -0.25) is 0 Å². The Kier molecular flexibility index (Phi) is 2.50. The first-order valence-electron chi connectivity index (χ1n) is 4.61. The van der Waals surface area contributed by atoms with E-state index in [0.717, 1.165) is 16.5 Å². The van der Waals surface area contributed by atoms with E-state index in [9.17, 15) is 4.53 Å². The molecule has 0 unspecified atom stereocenters. The van der Waals surface area contributed by atoms with Crippen LogP contribution in [-0.2, 0) is 11.4 Å². The number of H-pyrrole nitrogens is 1. The summed E-state index contributed by atoms with van der Waals surface area (Å²) in [6, 6.07) is 6.18. The molecular weight excluding hydrogens is 181 g/mol. The van der Waals surface area contributed by atoms with E-state index in [2.05, 4.69) is 16.0 Å². The smallest absolute Gasteiger partial charge is 0.0917 e. The summed E-state index contributed by atoms with van der Waals surface area (Å²) in [5.41, 5.74) is 3.39. The van der Waals surface area contributed by atoms with E-state index in [1.165, 1.54) is 5.56 Å². The van der Waals surface area contributed by atoms with Crippen LogP contribution in [0.1, 0.15) is 11.1 Å². The second kappa shape index (κ2) is 3.80.